The van der Waals surface area contributed by atoms with Crippen molar-refractivity contribution < 1.29 is 13.2 Å². The SMILES string of the molecule is CN=C(NCc1cccc(C(F)(F)F)c1)NCC(C)CN1CCCC1.I. The first-order valence-electron chi connectivity index (χ1n) is 8.71. The monoisotopic (exact) mass is 484 g/mol. The Bertz CT molecular complexity index is 572. The fraction of sp³-hybridized carbons (Fsp3) is 0.611. The molecule has 1 aromatic carbocycles. The second kappa shape index (κ2) is 11.0. The zero-order chi connectivity index (χ0) is 18.3. The molecule has 0 radical (unpaired) electrons. The highest BCUT2D eigenvalue weighted by molar-refractivity contribution is 14.0. The minimum atomic E-state index is -4.32. The highest BCUT2D eigenvalue weighted by Gasteiger charge is 2.30. The Morgan fingerprint density at radius 2 is 1.92 bits per heavy atom. The van der Waals surface area contributed by atoms with Crippen molar-refractivity contribution in [3.63, 3.8) is 0 Å². The number of rotatable bonds is 6. The lowest BCUT2D eigenvalue weighted by Crippen LogP contribution is -2.41. The van der Waals surface area contributed by atoms with Gasteiger partial charge >= 0.3 is 6.18 Å². The molecule has 0 bridgehead atoms. The Morgan fingerprint density at radius 1 is 1.23 bits per heavy atom. The van der Waals surface area contributed by atoms with Crippen LogP contribution in [-0.2, 0) is 12.7 Å². The molecule has 148 valence electrons. The van der Waals surface area contributed by atoms with E-state index in [4.69, 9.17) is 0 Å². The number of halogens is 4. The Hall–Kier alpha value is -1.03. The van der Waals surface area contributed by atoms with Crippen LogP contribution in [0.25, 0.3) is 0 Å². The Labute approximate surface area is 170 Å². The first kappa shape index (κ1) is 23.0. The number of benzene rings is 1. The number of nitrogens with zero attached hydrogens (tertiary/aromatic N) is 2. The molecule has 0 saturated carbocycles. The van der Waals surface area contributed by atoms with Crippen LogP contribution in [0, 0.1) is 5.92 Å². The first-order chi connectivity index (χ1) is 11.9. The molecule has 1 fully saturated rings. The van der Waals surface area contributed by atoms with Gasteiger partial charge in [0.25, 0.3) is 0 Å². The maximum atomic E-state index is 12.7. The van der Waals surface area contributed by atoms with E-state index in [9.17, 15) is 13.2 Å². The van der Waals surface area contributed by atoms with E-state index in [0.717, 1.165) is 25.2 Å². The fourth-order valence-corrected chi connectivity index (χ4v) is 3.01. The van der Waals surface area contributed by atoms with E-state index in [2.05, 4.69) is 27.4 Å². The van der Waals surface area contributed by atoms with Crippen LogP contribution in [0.4, 0.5) is 13.2 Å². The van der Waals surface area contributed by atoms with Crippen molar-refractivity contribution in [3.8, 4) is 0 Å². The zero-order valence-corrected chi connectivity index (χ0v) is 17.6. The molecule has 2 N–H and O–H groups in total. The van der Waals surface area contributed by atoms with Crippen LogP contribution in [0.15, 0.2) is 29.3 Å². The second-order valence-corrected chi connectivity index (χ2v) is 6.62. The molecule has 1 heterocycles. The van der Waals surface area contributed by atoms with Crippen LogP contribution in [-0.4, -0.2) is 44.1 Å². The number of nitrogens with one attached hydrogen (secondary N) is 2. The third-order valence-electron chi connectivity index (χ3n) is 4.32. The summed E-state index contributed by atoms with van der Waals surface area (Å²) in [6.07, 6.45) is -1.76. The van der Waals surface area contributed by atoms with Gasteiger partial charge in [0.2, 0.25) is 0 Å². The van der Waals surface area contributed by atoms with E-state index in [1.807, 2.05) is 0 Å². The topological polar surface area (TPSA) is 39.7 Å². The molecule has 0 aromatic heterocycles. The molecule has 1 aliphatic heterocycles. The lowest BCUT2D eigenvalue weighted by atomic mass is 10.1. The Kier molecular flexibility index (Phi) is 9.70. The molecule has 8 heteroatoms. The summed E-state index contributed by atoms with van der Waals surface area (Å²) in [5.41, 5.74) is -0.0585. The van der Waals surface area contributed by atoms with Gasteiger partial charge in [0.05, 0.1) is 5.56 Å². The Morgan fingerprint density at radius 3 is 2.54 bits per heavy atom. The average Bonchev–Trinajstić information content (AvgIpc) is 3.07. The molecule has 26 heavy (non-hydrogen) atoms. The van der Waals surface area contributed by atoms with E-state index in [0.29, 0.717) is 24.0 Å². The summed E-state index contributed by atoms with van der Waals surface area (Å²) in [7, 11) is 1.66. The van der Waals surface area contributed by atoms with Crippen molar-refractivity contribution in [2.75, 3.05) is 33.2 Å². The quantitative estimate of drug-likeness (QED) is 0.368. The van der Waals surface area contributed by atoms with Crippen LogP contribution in [0.5, 0.6) is 0 Å². The van der Waals surface area contributed by atoms with Crippen molar-refractivity contribution in [1.29, 1.82) is 0 Å². The summed E-state index contributed by atoms with van der Waals surface area (Å²) in [5, 5.41) is 6.32. The first-order valence-corrected chi connectivity index (χ1v) is 8.71. The third kappa shape index (κ3) is 7.69. The number of aliphatic imine (C=N–C) groups is 1. The molecule has 1 saturated heterocycles. The lowest BCUT2D eigenvalue weighted by Gasteiger charge is -2.21. The summed E-state index contributed by atoms with van der Waals surface area (Å²) in [5.74, 6) is 1.08. The van der Waals surface area contributed by atoms with Crippen molar-refractivity contribution in [2.24, 2.45) is 10.9 Å². The van der Waals surface area contributed by atoms with Gasteiger partial charge in [-0.2, -0.15) is 13.2 Å². The van der Waals surface area contributed by atoms with E-state index in [1.165, 1.54) is 32.0 Å². The van der Waals surface area contributed by atoms with E-state index in [-0.39, 0.29) is 24.0 Å². The number of hydrogen-bond donors (Lipinski definition) is 2. The van der Waals surface area contributed by atoms with Gasteiger partial charge < -0.3 is 15.5 Å². The van der Waals surface area contributed by atoms with Gasteiger partial charge in [-0.1, -0.05) is 19.1 Å². The van der Waals surface area contributed by atoms with Crippen molar-refractivity contribution in [2.45, 2.75) is 32.5 Å². The van der Waals surface area contributed by atoms with Crippen molar-refractivity contribution in [1.82, 2.24) is 15.5 Å². The molecule has 0 spiro atoms. The predicted octanol–water partition coefficient (Wildman–Crippen LogP) is 3.72. The summed E-state index contributed by atoms with van der Waals surface area (Å²) in [4.78, 5) is 6.60. The third-order valence-corrected chi connectivity index (χ3v) is 4.32. The summed E-state index contributed by atoms with van der Waals surface area (Å²) in [6, 6.07) is 5.34. The molecule has 1 unspecified atom stereocenters. The van der Waals surface area contributed by atoms with Gasteiger partial charge in [0.1, 0.15) is 0 Å². The molecule has 4 nitrogen and oxygen atoms in total. The van der Waals surface area contributed by atoms with E-state index in [1.54, 1.807) is 13.1 Å². The number of alkyl halides is 3. The molecule has 1 aromatic rings. The minimum Gasteiger partial charge on any atom is -0.356 e. The molecule has 0 amide bonds. The number of hydrogen-bond acceptors (Lipinski definition) is 2. The lowest BCUT2D eigenvalue weighted by molar-refractivity contribution is -0.137. The molecule has 1 aliphatic rings. The van der Waals surface area contributed by atoms with Gasteiger partial charge in [-0.3, -0.25) is 4.99 Å². The standard InChI is InChI=1S/C18H27F3N4.HI/c1-14(13-25-8-3-4-9-25)11-23-17(22-2)24-12-15-6-5-7-16(10-15)18(19,20)21;/h5-7,10,14H,3-4,8-9,11-13H2,1-2H3,(H2,22,23,24);1H. The van der Waals surface area contributed by atoms with Gasteiger partial charge in [-0.05, 0) is 49.5 Å². The molecular weight excluding hydrogens is 456 g/mol. The van der Waals surface area contributed by atoms with Crippen molar-refractivity contribution in [3.05, 3.63) is 35.4 Å². The maximum Gasteiger partial charge on any atom is 0.416 e. The predicted molar refractivity (Wildman–Crippen MR) is 110 cm³/mol. The maximum absolute atomic E-state index is 12.7. The number of guanidine groups is 1. The average molecular weight is 484 g/mol. The van der Waals surface area contributed by atoms with Gasteiger partial charge in [0.15, 0.2) is 5.96 Å². The van der Waals surface area contributed by atoms with Crippen LogP contribution in [0.3, 0.4) is 0 Å². The summed E-state index contributed by atoms with van der Waals surface area (Å²) in [6.45, 7) is 6.66. The normalized spacial score (nSPS) is 16.9. The Balaban J connectivity index is 0.00000338. The van der Waals surface area contributed by atoms with E-state index >= 15 is 0 Å². The fourth-order valence-electron chi connectivity index (χ4n) is 3.01. The smallest absolute Gasteiger partial charge is 0.356 e. The highest BCUT2D eigenvalue weighted by Crippen LogP contribution is 2.29. The van der Waals surface area contributed by atoms with Crippen LogP contribution in [0.2, 0.25) is 0 Å². The van der Waals surface area contributed by atoms with Crippen LogP contribution >= 0.6 is 24.0 Å². The molecule has 2 rings (SSSR count). The van der Waals surface area contributed by atoms with Gasteiger partial charge in [-0.15, -0.1) is 24.0 Å². The van der Waals surface area contributed by atoms with Crippen molar-refractivity contribution >= 4 is 29.9 Å². The zero-order valence-electron chi connectivity index (χ0n) is 15.3. The number of likely N-dealkylation sites (tertiary alicyclic amines) is 1. The highest BCUT2D eigenvalue weighted by atomic mass is 127. The summed E-state index contributed by atoms with van der Waals surface area (Å²) >= 11 is 0. The molecule has 1 atom stereocenters. The second-order valence-electron chi connectivity index (χ2n) is 6.62. The largest absolute Gasteiger partial charge is 0.416 e. The van der Waals surface area contributed by atoms with Crippen LogP contribution in [0.1, 0.15) is 30.9 Å². The van der Waals surface area contributed by atoms with Gasteiger partial charge in [0, 0.05) is 26.7 Å². The van der Waals surface area contributed by atoms with E-state index < -0.39 is 11.7 Å². The molecular formula is C18H28F3IN4. The van der Waals surface area contributed by atoms with Crippen LogP contribution < -0.4 is 10.6 Å². The molecule has 0 aliphatic carbocycles. The van der Waals surface area contributed by atoms with Gasteiger partial charge in [-0.25, -0.2) is 0 Å². The summed E-state index contributed by atoms with van der Waals surface area (Å²) < 4.78 is 38.2. The minimum absolute atomic E-state index is 0.